The van der Waals surface area contributed by atoms with Gasteiger partial charge in [0.2, 0.25) is 0 Å². The predicted octanol–water partition coefficient (Wildman–Crippen LogP) is 4.08. The molecule has 1 heterocycles. The molecule has 0 saturated heterocycles. The average molecular weight is 427 g/mol. The van der Waals surface area contributed by atoms with Gasteiger partial charge in [-0.05, 0) is 42.0 Å². The first-order valence-corrected chi connectivity index (χ1v) is 10.6. The lowest BCUT2D eigenvalue weighted by molar-refractivity contribution is -0.118. The fraction of sp³-hybridized carbons (Fsp3) is 0.269. The Bertz CT molecular complexity index is 1200. The fourth-order valence-corrected chi connectivity index (χ4v) is 4.61. The van der Waals surface area contributed by atoms with Gasteiger partial charge >= 0.3 is 0 Å². The van der Waals surface area contributed by atoms with Crippen molar-refractivity contribution in [2.75, 3.05) is 0 Å². The number of carbonyl (C=O) groups is 2. The molecule has 0 spiro atoms. The van der Waals surface area contributed by atoms with Crippen molar-refractivity contribution in [1.29, 1.82) is 5.26 Å². The first-order valence-electron chi connectivity index (χ1n) is 10.6. The summed E-state index contributed by atoms with van der Waals surface area (Å²) in [5, 5.41) is 11.5. The maximum atomic E-state index is 13.4. The number of hydrazine groups is 1. The number of ketones is 1. The summed E-state index contributed by atoms with van der Waals surface area (Å²) in [7, 11) is 0. The van der Waals surface area contributed by atoms with Crippen molar-refractivity contribution in [3.8, 4) is 6.07 Å². The Morgan fingerprint density at radius 2 is 1.78 bits per heavy atom. The Balaban J connectivity index is 1.89. The Kier molecular flexibility index (Phi) is 5.35. The Labute approximate surface area is 188 Å². The molecule has 32 heavy (non-hydrogen) atoms. The van der Waals surface area contributed by atoms with Crippen LogP contribution in [0.15, 0.2) is 77.3 Å². The fourth-order valence-electron chi connectivity index (χ4n) is 4.61. The molecule has 1 atom stereocenters. The van der Waals surface area contributed by atoms with Gasteiger partial charge in [0.15, 0.2) is 5.78 Å². The Hall–Kier alpha value is -3.85. The number of nitrogens with two attached hydrogens (primary N) is 1. The number of benzene rings is 2. The maximum absolute atomic E-state index is 13.4. The van der Waals surface area contributed by atoms with Crippen LogP contribution in [0.5, 0.6) is 0 Å². The second kappa shape index (κ2) is 8.01. The van der Waals surface area contributed by atoms with Crippen LogP contribution >= 0.6 is 0 Å². The second-order valence-electron chi connectivity index (χ2n) is 9.14. The van der Waals surface area contributed by atoms with E-state index in [9.17, 15) is 14.9 Å². The highest BCUT2D eigenvalue weighted by atomic mass is 16.2. The summed E-state index contributed by atoms with van der Waals surface area (Å²) in [6, 6.07) is 18.7. The summed E-state index contributed by atoms with van der Waals surface area (Å²) in [5.74, 6) is -0.787. The standard InChI is InChI=1S/C26H26N4O2/c1-16-9-7-8-12-18(16)22-19(15-27)24(28)30(29-25(32)17-10-5-4-6-11-17)20-13-26(2,3)14-21(31)23(20)22/h4-12,22H,13-14,28H2,1-3H3,(H,29,32). The van der Waals surface area contributed by atoms with Crippen LogP contribution in [0, 0.1) is 23.7 Å². The van der Waals surface area contributed by atoms with Gasteiger partial charge in [-0.1, -0.05) is 56.3 Å². The van der Waals surface area contributed by atoms with Gasteiger partial charge in [-0.2, -0.15) is 5.26 Å². The summed E-state index contributed by atoms with van der Waals surface area (Å²) < 4.78 is 0. The molecule has 0 radical (unpaired) electrons. The number of hydrogen-bond acceptors (Lipinski definition) is 5. The van der Waals surface area contributed by atoms with Crippen LogP contribution in [0.25, 0.3) is 0 Å². The van der Waals surface area contributed by atoms with Crippen molar-refractivity contribution < 1.29 is 9.59 Å². The van der Waals surface area contributed by atoms with Gasteiger partial charge in [0.05, 0.1) is 23.3 Å². The van der Waals surface area contributed by atoms with Gasteiger partial charge < -0.3 is 5.73 Å². The molecule has 162 valence electrons. The van der Waals surface area contributed by atoms with Gasteiger partial charge in [-0.25, -0.2) is 5.01 Å². The molecule has 0 aromatic heterocycles. The molecule has 0 fully saturated rings. The van der Waals surface area contributed by atoms with Crippen LogP contribution in [0.1, 0.15) is 54.1 Å². The third kappa shape index (κ3) is 3.67. The van der Waals surface area contributed by atoms with E-state index in [0.29, 0.717) is 29.7 Å². The number of hydrogen-bond donors (Lipinski definition) is 2. The first kappa shape index (κ1) is 21.4. The Morgan fingerprint density at radius 1 is 1.12 bits per heavy atom. The maximum Gasteiger partial charge on any atom is 0.270 e. The van der Waals surface area contributed by atoms with Gasteiger partial charge in [0.1, 0.15) is 5.82 Å². The number of carbonyl (C=O) groups excluding carboxylic acids is 2. The molecule has 2 aromatic rings. The van der Waals surface area contributed by atoms with Crippen LogP contribution in [-0.2, 0) is 4.79 Å². The number of allylic oxidation sites excluding steroid dienone is 3. The number of nitriles is 1. The predicted molar refractivity (Wildman–Crippen MR) is 122 cm³/mol. The SMILES string of the molecule is Cc1ccccc1C1C(C#N)=C(N)N(NC(=O)c2ccccc2)C2=C1C(=O)CC(C)(C)C2. The van der Waals surface area contributed by atoms with Gasteiger partial charge in [0, 0.05) is 17.6 Å². The van der Waals surface area contributed by atoms with Crippen LogP contribution in [-0.4, -0.2) is 16.7 Å². The highest BCUT2D eigenvalue weighted by Gasteiger charge is 2.45. The molecule has 1 aliphatic heterocycles. The normalized spacial score (nSPS) is 20.0. The van der Waals surface area contributed by atoms with Crippen molar-refractivity contribution in [3.63, 3.8) is 0 Å². The minimum absolute atomic E-state index is 0.0243. The van der Waals surface area contributed by atoms with E-state index in [-0.39, 0.29) is 28.5 Å². The summed E-state index contributed by atoms with van der Waals surface area (Å²) in [5.41, 5.74) is 12.8. The van der Waals surface area contributed by atoms with Gasteiger partial charge in [-0.15, -0.1) is 0 Å². The third-order valence-corrected chi connectivity index (χ3v) is 6.13. The molecule has 1 amide bonds. The Morgan fingerprint density at radius 3 is 2.44 bits per heavy atom. The zero-order valence-electron chi connectivity index (χ0n) is 18.5. The van der Waals surface area contributed by atoms with E-state index >= 15 is 0 Å². The van der Waals surface area contributed by atoms with Crippen LogP contribution in [0.3, 0.4) is 0 Å². The molecule has 1 aliphatic carbocycles. The lowest BCUT2D eigenvalue weighted by atomic mass is 9.68. The molecule has 6 nitrogen and oxygen atoms in total. The van der Waals surface area contributed by atoms with Gasteiger partial charge in [0.25, 0.3) is 5.91 Å². The highest BCUT2D eigenvalue weighted by molar-refractivity contribution is 6.01. The second-order valence-corrected chi connectivity index (χ2v) is 9.14. The van der Waals surface area contributed by atoms with Crippen LogP contribution < -0.4 is 11.2 Å². The lowest BCUT2D eigenvalue weighted by Gasteiger charge is -2.43. The number of rotatable bonds is 3. The molecule has 0 bridgehead atoms. The molecule has 4 rings (SSSR count). The molecule has 3 N–H and O–H groups in total. The summed E-state index contributed by atoms with van der Waals surface area (Å²) >= 11 is 0. The third-order valence-electron chi connectivity index (χ3n) is 6.13. The lowest BCUT2D eigenvalue weighted by Crippen LogP contribution is -2.49. The average Bonchev–Trinajstić information content (AvgIpc) is 2.75. The number of nitrogens with one attached hydrogen (secondary N) is 1. The largest absolute Gasteiger partial charge is 0.383 e. The highest BCUT2D eigenvalue weighted by Crippen LogP contribution is 2.48. The van der Waals surface area contributed by atoms with E-state index in [1.54, 1.807) is 24.3 Å². The quantitative estimate of drug-likeness (QED) is 0.771. The topological polar surface area (TPSA) is 99.2 Å². The van der Waals surface area contributed by atoms with Crippen molar-refractivity contribution in [3.05, 3.63) is 94.0 Å². The molecular weight excluding hydrogens is 400 g/mol. The number of aryl methyl sites for hydroxylation is 1. The first-order chi connectivity index (χ1) is 15.2. The van der Waals surface area contributed by atoms with Crippen molar-refractivity contribution in [2.45, 2.75) is 39.5 Å². The number of Topliss-reactive ketones (excluding diaryl/α,β-unsaturated/α-hetero) is 1. The van der Waals surface area contributed by atoms with E-state index in [1.165, 1.54) is 5.01 Å². The summed E-state index contributed by atoms with van der Waals surface area (Å²) in [4.78, 5) is 26.4. The molecule has 6 heteroatoms. The molecular formula is C26H26N4O2. The van der Waals surface area contributed by atoms with E-state index in [2.05, 4.69) is 11.5 Å². The minimum atomic E-state index is -0.551. The molecule has 2 aliphatic rings. The molecule has 0 saturated carbocycles. The van der Waals surface area contributed by atoms with Gasteiger partial charge in [-0.3, -0.25) is 15.0 Å². The summed E-state index contributed by atoms with van der Waals surface area (Å²) in [6.07, 6.45) is 0.915. The van der Waals surface area contributed by atoms with E-state index in [1.807, 2.05) is 51.1 Å². The molecule has 1 unspecified atom stereocenters. The van der Waals surface area contributed by atoms with E-state index < -0.39 is 5.92 Å². The van der Waals surface area contributed by atoms with E-state index in [0.717, 1.165) is 11.1 Å². The van der Waals surface area contributed by atoms with Crippen molar-refractivity contribution in [1.82, 2.24) is 10.4 Å². The smallest absolute Gasteiger partial charge is 0.270 e. The monoisotopic (exact) mass is 426 g/mol. The van der Waals surface area contributed by atoms with E-state index in [4.69, 9.17) is 5.73 Å². The number of nitrogens with zero attached hydrogens (tertiary/aromatic N) is 2. The van der Waals surface area contributed by atoms with Crippen molar-refractivity contribution >= 4 is 11.7 Å². The molecule has 2 aromatic carbocycles. The minimum Gasteiger partial charge on any atom is -0.383 e. The zero-order valence-corrected chi connectivity index (χ0v) is 18.5. The van der Waals surface area contributed by atoms with Crippen molar-refractivity contribution in [2.24, 2.45) is 11.1 Å². The van der Waals surface area contributed by atoms with Crippen LogP contribution in [0.2, 0.25) is 0 Å². The summed E-state index contributed by atoms with van der Waals surface area (Å²) in [6.45, 7) is 6.00. The number of amides is 1. The zero-order chi connectivity index (χ0) is 23.0. The van der Waals surface area contributed by atoms with Crippen LogP contribution in [0.4, 0.5) is 0 Å².